The van der Waals surface area contributed by atoms with Crippen LogP contribution < -0.4 is 20.7 Å². The molecule has 0 aliphatic heterocycles. The molecule has 0 atom stereocenters. The van der Waals surface area contributed by atoms with Crippen LogP contribution in [0.4, 0.5) is 0 Å². The number of aryl methyl sites for hydroxylation is 4. The fraction of sp³-hybridized carbons (Fsp3) is 0.0377. The highest BCUT2D eigenvalue weighted by Crippen LogP contribution is 2.45. The number of hydrogen-bond donors (Lipinski definition) is 0. The summed E-state index contributed by atoms with van der Waals surface area (Å²) in [5.74, 6) is 0. The van der Waals surface area contributed by atoms with Gasteiger partial charge in [0.05, 0.1) is 33.1 Å². The molecule has 4 aromatic heterocycles. The number of rotatable bonds is 10. The van der Waals surface area contributed by atoms with Crippen LogP contribution in [0.15, 0.2) is 419 Å². The van der Waals surface area contributed by atoms with Gasteiger partial charge < -0.3 is 13.7 Å². The van der Waals surface area contributed by atoms with Gasteiger partial charge in [0.1, 0.15) is 0 Å². The van der Waals surface area contributed by atoms with E-state index in [4.69, 9.17) is 0 Å². The molecule has 3 nitrogen and oxygen atoms in total. The molecule has 0 bridgehead atoms. The average Bonchev–Trinajstić information content (AvgIpc) is 1.62. The van der Waals surface area contributed by atoms with Crippen LogP contribution in [0, 0.1) is 27.7 Å². The summed E-state index contributed by atoms with van der Waals surface area (Å²) in [7, 11) is -2.32. The number of hydrogen-bond acceptors (Lipinski definition) is 1. The highest BCUT2D eigenvalue weighted by molar-refractivity contribution is 7.26. The summed E-state index contributed by atoms with van der Waals surface area (Å²) in [5.41, 5.74) is 23.8. The highest BCUT2D eigenvalue weighted by atomic mass is 32.1. The second kappa shape index (κ2) is 30.3. The number of para-hydroxylation sites is 5. The van der Waals surface area contributed by atoms with Crippen LogP contribution in [0.1, 0.15) is 22.3 Å². The van der Waals surface area contributed by atoms with E-state index >= 15 is 0 Å². The molecule has 4 heterocycles. The normalized spacial score (nSPS) is 11.4. The first-order valence-corrected chi connectivity index (χ1v) is 41.1. The largest absolute Gasteiger partial charge is 0.309 e. The number of nitrogens with zero attached hydrogens (tertiary/aromatic N) is 3. The average molecular weight is 1460 g/mol. The molecule has 0 aliphatic rings. The third-order valence-electron chi connectivity index (χ3n) is 21.9. The van der Waals surface area contributed by atoms with Gasteiger partial charge in [-0.15, -0.1) is 11.3 Å². The Balaban J connectivity index is 0.000000107. The Morgan fingerprint density at radius 2 is 0.595 bits per heavy atom. The zero-order chi connectivity index (χ0) is 74.8. The molecule has 0 spiro atoms. The summed E-state index contributed by atoms with van der Waals surface area (Å²) < 4.78 is 9.92. The summed E-state index contributed by atoms with van der Waals surface area (Å²) in [4.78, 5) is 0. The summed E-state index contributed by atoms with van der Waals surface area (Å²) in [6.07, 6.45) is 0. The van der Waals surface area contributed by atoms with Gasteiger partial charge in [-0.05, 0) is 190 Å². The molecule has 17 aromatic carbocycles. The summed E-state index contributed by atoms with van der Waals surface area (Å²) in [6.45, 7) is 8.69. The summed E-state index contributed by atoms with van der Waals surface area (Å²) in [5, 5.41) is 16.2. The molecule has 0 amide bonds. The molecule has 0 saturated carbocycles. The van der Waals surface area contributed by atoms with E-state index in [1.165, 1.54) is 179 Å². The van der Waals surface area contributed by atoms with Crippen molar-refractivity contribution in [3.63, 3.8) is 0 Å². The topological polar surface area (TPSA) is 14.8 Å². The molecule has 0 saturated heterocycles. The van der Waals surface area contributed by atoms with Crippen molar-refractivity contribution in [1.82, 2.24) is 13.7 Å². The van der Waals surface area contributed by atoms with E-state index in [9.17, 15) is 0 Å². The van der Waals surface area contributed by atoms with Crippen molar-refractivity contribution >= 4 is 126 Å². The molecular weight excluding hydrogens is 1380 g/mol. The minimum Gasteiger partial charge on any atom is -0.309 e. The van der Waals surface area contributed by atoms with Crippen molar-refractivity contribution in [1.29, 1.82) is 0 Å². The van der Waals surface area contributed by atoms with Crippen molar-refractivity contribution in [2.75, 3.05) is 0 Å². The Labute approximate surface area is 653 Å². The molecule has 21 rings (SSSR count). The van der Waals surface area contributed by atoms with Crippen LogP contribution in [-0.4, -0.2) is 21.8 Å². The minimum absolute atomic E-state index is 1.18. The van der Waals surface area contributed by atoms with Crippen LogP contribution in [0.5, 0.6) is 0 Å². The summed E-state index contributed by atoms with van der Waals surface area (Å²) in [6, 6.07) is 151. The Bertz CT molecular complexity index is 6720. The number of thiophene rings is 1. The fourth-order valence-electron chi connectivity index (χ4n) is 16.8. The maximum Gasteiger partial charge on any atom is 0.179 e. The Morgan fingerprint density at radius 3 is 1.14 bits per heavy atom. The fourth-order valence-corrected chi connectivity index (χ4v) is 22.7. The van der Waals surface area contributed by atoms with Crippen molar-refractivity contribution in [2.45, 2.75) is 27.7 Å². The Kier molecular flexibility index (Phi) is 18.9. The number of aromatic nitrogens is 3. The maximum absolute atomic E-state index is 2.39. The molecule has 21 aromatic rings. The molecule has 530 valence electrons. The lowest BCUT2D eigenvalue weighted by molar-refractivity contribution is 1.18. The van der Waals surface area contributed by atoms with Gasteiger partial charge in [0.2, 0.25) is 0 Å². The van der Waals surface area contributed by atoms with Gasteiger partial charge in [-0.3, -0.25) is 0 Å². The van der Waals surface area contributed by atoms with E-state index in [-0.39, 0.29) is 0 Å². The van der Waals surface area contributed by atoms with Crippen molar-refractivity contribution in [3.8, 4) is 50.4 Å². The van der Waals surface area contributed by atoms with Gasteiger partial charge in [-0.2, -0.15) is 0 Å². The summed E-state index contributed by atoms with van der Waals surface area (Å²) >= 11 is 1.91. The smallest absolute Gasteiger partial charge is 0.179 e. The van der Waals surface area contributed by atoms with E-state index in [0.29, 0.717) is 0 Å². The first kappa shape index (κ1) is 69.3. The zero-order valence-electron chi connectivity index (χ0n) is 62.6. The first-order valence-electron chi connectivity index (χ1n) is 38.3. The lowest BCUT2D eigenvalue weighted by Crippen LogP contribution is -2.74. The number of fused-ring (bicyclic) bond motifs is 13. The molecule has 0 N–H and O–H groups in total. The standard InChI is InChI=1S/C37H26N2.C25H17NS.C25H22Si.C19H16/c1-25-16-20-35-32(22-25)33-23-26(18-21-36(33)38(35)28-10-4-2-5-11-28)27-17-19-31-30-14-8-9-15-34(30)39(37(31)24-27)29-12-6-3-7-13-29;1-16-8-7-12-19-24-22(27-25(16)19)15-14-21-23(24)18-11-5-6-13-20(18)26(21)17-9-3-2-4-10-17;1-21-17-19-25(20-18-21)26(22-11-5-2-6-12-22,23-13-7-3-8-14-23)24-15-9-4-10-16-24;1-15-12-18(16-8-4-2-5-9-16)14-19(13-15)17-10-6-3-7-11-17/h2-24H,1H3;2-15H,1H3;2-20H,1H3;2-14H,1H3. The van der Waals surface area contributed by atoms with Gasteiger partial charge in [0, 0.05) is 69.6 Å². The van der Waals surface area contributed by atoms with Gasteiger partial charge in [0.25, 0.3) is 0 Å². The monoisotopic (exact) mass is 1460 g/mol. The molecule has 5 heteroatoms. The third kappa shape index (κ3) is 13.1. The lowest BCUT2D eigenvalue weighted by atomic mass is 9.97. The van der Waals surface area contributed by atoms with Crippen LogP contribution >= 0.6 is 11.3 Å². The molecule has 0 unspecified atom stereocenters. The molecule has 0 aliphatic carbocycles. The predicted molar refractivity (Wildman–Crippen MR) is 481 cm³/mol. The van der Waals surface area contributed by atoms with Crippen molar-refractivity contribution < 1.29 is 0 Å². The Morgan fingerprint density at radius 1 is 0.207 bits per heavy atom. The Hall–Kier alpha value is -13.4. The van der Waals surface area contributed by atoms with Gasteiger partial charge in [-0.25, -0.2) is 0 Å². The SMILES string of the molecule is Cc1cc(-c2ccccc2)cc(-c2ccccc2)c1.Cc1ccc([Si](c2ccccc2)(c2ccccc2)c2ccccc2)cc1.Cc1ccc2c(c1)c1cc(-c3ccc4c5ccccc5n(-c5ccccc5)c4c3)ccc1n2-c1ccccc1.Cc1cccc2c1sc1ccc3c(c4ccccc4n3-c3ccccc3)c12. The molecule has 0 fully saturated rings. The van der Waals surface area contributed by atoms with Crippen molar-refractivity contribution in [3.05, 3.63) is 441 Å². The van der Waals surface area contributed by atoms with E-state index in [1.807, 2.05) is 11.3 Å². The zero-order valence-corrected chi connectivity index (χ0v) is 64.4. The first-order chi connectivity index (χ1) is 54.7. The van der Waals surface area contributed by atoms with E-state index in [2.05, 4.69) is 460 Å². The number of benzene rings is 17. The van der Waals surface area contributed by atoms with Crippen LogP contribution in [-0.2, 0) is 0 Å². The molecule has 111 heavy (non-hydrogen) atoms. The predicted octanol–water partition coefficient (Wildman–Crippen LogP) is 26.0. The van der Waals surface area contributed by atoms with Gasteiger partial charge in [-0.1, -0.05) is 333 Å². The highest BCUT2D eigenvalue weighted by Gasteiger charge is 2.41. The van der Waals surface area contributed by atoms with Crippen LogP contribution in [0.2, 0.25) is 0 Å². The van der Waals surface area contributed by atoms with E-state index in [1.54, 1.807) is 0 Å². The maximum atomic E-state index is 2.39. The lowest BCUT2D eigenvalue weighted by Gasteiger charge is -2.34. The van der Waals surface area contributed by atoms with E-state index in [0.717, 1.165) is 0 Å². The van der Waals surface area contributed by atoms with Crippen LogP contribution in [0.25, 0.3) is 136 Å². The van der Waals surface area contributed by atoms with E-state index < -0.39 is 8.07 Å². The van der Waals surface area contributed by atoms with Gasteiger partial charge >= 0.3 is 0 Å². The molecular formula is C106H81N3SSi. The second-order valence-corrected chi connectivity index (χ2v) is 33.8. The van der Waals surface area contributed by atoms with Gasteiger partial charge in [0.15, 0.2) is 8.07 Å². The second-order valence-electron chi connectivity index (χ2n) is 29.0. The third-order valence-corrected chi connectivity index (χ3v) is 28.0. The minimum atomic E-state index is -2.32. The van der Waals surface area contributed by atoms with Crippen LogP contribution in [0.3, 0.4) is 0 Å². The van der Waals surface area contributed by atoms with Crippen molar-refractivity contribution in [2.24, 2.45) is 0 Å². The molecule has 0 radical (unpaired) electrons. The quantitative estimate of drug-likeness (QED) is 0.0958.